The van der Waals surface area contributed by atoms with Gasteiger partial charge in [-0.25, -0.2) is 0 Å². The molecule has 0 saturated carbocycles. The lowest BCUT2D eigenvalue weighted by atomic mass is 9.95. The van der Waals surface area contributed by atoms with E-state index in [9.17, 15) is 4.79 Å². The number of nitrogens with zero attached hydrogens (tertiary/aromatic N) is 2. The maximum absolute atomic E-state index is 12.4. The third-order valence-corrected chi connectivity index (χ3v) is 5.26. The highest BCUT2D eigenvalue weighted by Gasteiger charge is 2.39. The fourth-order valence-electron chi connectivity index (χ4n) is 3.33. The summed E-state index contributed by atoms with van der Waals surface area (Å²) in [4.78, 5) is 12.4. The van der Waals surface area contributed by atoms with Crippen LogP contribution in [-0.2, 0) is 0 Å². The SMILES string of the molecule is COc1nnc(Oc2ccc(C(=O)NC3CC4CCC3N4)cc2)s1. The third-order valence-electron chi connectivity index (χ3n) is 4.50. The van der Waals surface area contributed by atoms with Crippen molar-refractivity contribution in [3.8, 4) is 16.1 Å². The number of hydrogen-bond donors (Lipinski definition) is 2. The standard InChI is InChI=1S/C16H18N4O3S/c1-22-15-19-20-16(24-15)23-11-5-2-9(3-6-11)14(21)18-13-8-10-4-7-12(13)17-10/h2-3,5-6,10,12-13,17H,4,7-8H2,1H3,(H,18,21). The van der Waals surface area contributed by atoms with Crippen molar-refractivity contribution in [3.05, 3.63) is 29.8 Å². The molecule has 2 aliphatic heterocycles. The van der Waals surface area contributed by atoms with Gasteiger partial charge in [-0.05, 0) is 54.9 Å². The molecule has 0 radical (unpaired) electrons. The highest BCUT2D eigenvalue weighted by Crippen LogP contribution is 2.30. The van der Waals surface area contributed by atoms with Crippen LogP contribution in [0, 0.1) is 0 Å². The number of aromatic nitrogens is 2. The molecule has 1 aromatic heterocycles. The molecule has 1 amide bonds. The minimum absolute atomic E-state index is 0.0431. The predicted octanol–water partition coefficient (Wildman–Crippen LogP) is 1.96. The Hall–Kier alpha value is -2.19. The first-order valence-electron chi connectivity index (χ1n) is 7.93. The third kappa shape index (κ3) is 3.07. The molecule has 4 rings (SSSR count). The minimum Gasteiger partial charge on any atom is -0.472 e. The summed E-state index contributed by atoms with van der Waals surface area (Å²) in [7, 11) is 1.53. The summed E-state index contributed by atoms with van der Waals surface area (Å²) in [6.45, 7) is 0. The van der Waals surface area contributed by atoms with Crippen molar-refractivity contribution in [1.82, 2.24) is 20.8 Å². The molecular weight excluding hydrogens is 328 g/mol. The first-order valence-corrected chi connectivity index (χ1v) is 8.75. The van der Waals surface area contributed by atoms with Crippen molar-refractivity contribution in [2.24, 2.45) is 0 Å². The van der Waals surface area contributed by atoms with Crippen LogP contribution in [0.1, 0.15) is 29.6 Å². The van der Waals surface area contributed by atoms with Gasteiger partial charge in [-0.15, -0.1) is 0 Å². The molecule has 2 fully saturated rings. The Morgan fingerprint density at radius 1 is 1.25 bits per heavy atom. The number of fused-ring (bicyclic) bond motifs is 2. The molecule has 3 heterocycles. The zero-order chi connectivity index (χ0) is 16.5. The molecule has 3 unspecified atom stereocenters. The highest BCUT2D eigenvalue weighted by atomic mass is 32.1. The zero-order valence-electron chi connectivity index (χ0n) is 13.2. The molecule has 0 aliphatic carbocycles. The van der Waals surface area contributed by atoms with Crippen molar-refractivity contribution in [2.45, 2.75) is 37.4 Å². The maximum Gasteiger partial charge on any atom is 0.302 e. The van der Waals surface area contributed by atoms with Gasteiger partial charge in [-0.1, -0.05) is 10.2 Å². The lowest BCUT2D eigenvalue weighted by Crippen LogP contribution is -2.42. The van der Waals surface area contributed by atoms with Gasteiger partial charge in [0.15, 0.2) is 0 Å². The molecule has 3 atom stereocenters. The van der Waals surface area contributed by atoms with E-state index >= 15 is 0 Å². The topological polar surface area (TPSA) is 85.4 Å². The predicted molar refractivity (Wildman–Crippen MR) is 88.8 cm³/mol. The van der Waals surface area contributed by atoms with Crippen molar-refractivity contribution in [1.29, 1.82) is 0 Å². The van der Waals surface area contributed by atoms with Gasteiger partial charge in [-0.2, -0.15) is 0 Å². The molecule has 2 saturated heterocycles. The lowest BCUT2D eigenvalue weighted by Gasteiger charge is -2.21. The van der Waals surface area contributed by atoms with Crippen LogP contribution >= 0.6 is 11.3 Å². The number of ether oxygens (including phenoxy) is 2. The van der Waals surface area contributed by atoms with Gasteiger partial charge in [0.2, 0.25) is 0 Å². The molecule has 0 spiro atoms. The largest absolute Gasteiger partial charge is 0.472 e. The second kappa shape index (κ2) is 6.37. The van der Waals surface area contributed by atoms with E-state index in [1.54, 1.807) is 24.3 Å². The number of rotatable bonds is 5. The number of amides is 1. The van der Waals surface area contributed by atoms with E-state index in [4.69, 9.17) is 9.47 Å². The van der Waals surface area contributed by atoms with Crippen molar-refractivity contribution >= 4 is 17.2 Å². The van der Waals surface area contributed by atoms with Crippen molar-refractivity contribution in [3.63, 3.8) is 0 Å². The summed E-state index contributed by atoms with van der Waals surface area (Å²) in [6, 6.07) is 8.24. The van der Waals surface area contributed by atoms with E-state index in [0.717, 1.165) is 12.8 Å². The number of benzene rings is 1. The molecule has 2 aromatic rings. The van der Waals surface area contributed by atoms with E-state index in [0.29, 0.717) is 33.8 Å². The molecule has 2 aliphatic rings. The Morgan fingerprint density at radius 3 is 2.67 bits per heavy atom. The molecule has 24 heavy (non-hydrogen) atoms. The van der Waals surface area contributed by atoms with Crippen LogP contribution in [0.25, 0.3) is 0 Å². The quantitative estimate of drug-likeness (QED) is 0.861. The van der Waals surface area contributed by atoms with Crippen LogP contribution in [0.2, 0.25) is 0 Å². The summed E-state index contributed by atoms with van der Waals surface area (Å²) in [5, 5.41) is 15.2. The van der Waals surface area contributed by atoms with Gasteiger partial charge >= 0.3 is 5.19 Å². The Labute approximate surface area is 143 Å². The maximum atomic E-state index is 12.4. The number of methoxy groups -OCH3 is 1. The number of nitrogens with one attached hydrogen (secondary N) is 2. The second-order valence-electron chi connectivity index (χ2n) is 6.03. The Balaban J connectivity index is 1.37. The summed E-state index contributed by atoms with van der Waals surface area (Å²) < 4.78 is 10.6. The number of hydrogen-bond acceptors (Lipinski definition) is 7. The Kier molecular flexibility index (Phi) is 4.07. The van der Waals surface area contributed by atoms with E-state index in [1.165, 1.54) is 24.9 Å². The highest BCUT2D eigenvalue weighted by molar-refractivity contribution is 7.14. The lowest BCUT2D eigenvalue weighted by molar-refractivity contribution is 0.0931. The van der Waals surface area contributed by atoms with Crippen LogP contribution in [0.3, 0.4) is 0 Å². The van der Waals surface area contributed by atoms with Gasteiger partial charge in [0.05, 0.1) is 7.11 Å². The summed E-state index contributed by atoms with van der Waals surface area (Å²) >= 11 is 1.21. The summed E-state index contributed by atoms with van der Waals surface area (Å²) in [5.41, 5.74) is 0.625. The summed E-state index contributed by atoms with van der Waals surface area (Å²) in [6.07, 6.45) is 3.39. The Morgan fingerprint density at radius 2 is 2.04 bits per heavy atom. The number of carbonyl (C=O) groups is 1. The first-order chi connectivity index (χ1) is 11.7. The van der Waals surface area contributed by atoms with E-state index < -0.39 is 0 Å². The van der Waals surface area contributed by atoms with E-state index in [1.807, 2.05) is 0 Å². The van der Waals surface area contributed by atoms with Crippen LogP contribution in [-0.4, -0.2) is 41.3 Å². The van der Waals surface area contributed by atoms with Gasteiger partial charge in [0.1, 0.15) is 5.75 Å². The Bertz CT molecular complexity index is 733. The first kappa shape index (κ1) is 15.3. The molecular formula is C16H18N4O3S. The van der Waals surface area contributed by atoms with Crippen molar-refractivity contribution < 1.29 is 14.3 Å². The molecule has 2 N–H and O–H groups in total. The summed E-state index contributed by atoms with van der Waals surface area (Å²) in [5.74, 6) is 0.561. The minimum atomic E-state index is -0.0431. The van der Waals surface area contributed by atoms with Crippen LogP contribution in [0.4, 0.5) is 0 Å². The zero-order valence-corrected chi connectivity index (χ0v) is 14.0. The monoisotopic (exact) mass is 346 g/mol. The van der Waals surface area contributed by atoms with Gasteiger partial charge in [0, 0.05) is 23.7 Å². The van der Waals surface area contributed by atoms with Gasteiger partial charge in [0.25, 0.3) is 11.1 Å². The van der Waals surface area contributed by atoms with Crippen LogP contribution in [0.15, 0.2) is 24.3 Å². The molecule has 2 bridgehead atoms. The van der Waals surface area contributed by atoms with E-state index in [2.05, 4.69) is 20.8 Å². The van der Waals surface area contributed by atoms with Crippen LogP contribution < -0.4 is 20.1 Å². The second-order valence-corrected chi connectivity index (χ2v) is 6.93. The fourth-order valence-corrected chi connectivity index (χ4v) is 3.87. The van der Waals surface area contributed by atoms with Crippen molar-refractivity contribution in [2.75, 3.05) is 7.11 Å². The molecule has 7 nitrogen and oxygen atoms in total. The molecule has 8 heteroatoms. The molecule has 126 valence electrons. The molecule has 1 aromatic carbocycles. The van der Waals surface area contributed by atoms with Gasteiger partial charge < -0.3 is 20.1 Å². The number of carbonyl (C=O) groups excluding carboxylic acids is 1. The van der Waals surface area contributed by atoms with Gasteiger partial charge in [-0.3, -0.25) is 4.79 Å². The average Bonchev–Trinajstić information content (AvgIpc) is 3.32. The smallest absolute Gasteiger partial charge is 0.302 e. The van der Waals surface area contributed by atoms with E-state index in [-0.39, 0.29) is 11.9 Å². The fraction of sp³-hybridized carbons (Fsp3) is 0.438. The van der Waals surface area contributed by atoms with Crippen LogP contribution in [0.5, 0.6) is 16.1 Å². The normalized spacial score (nSPS) is 24.8. The average molecular weight is 346 g/mol.